The van der Waals surface area contributed by atoms with E-state index in [9.17, 15) is 23.2 Å². The van der Waals surface area contributed by atoms with Gasteiger partial charge in [-0.25, -0.2) is 13.9 Å². The highest BCUT2D eigenvalue weighted by Gasteiger charge is 2.36. The highest BCUT2D eigenvalue weighted by molar-refractivity contribution is 7.89. The summed E-state index contributed by atoms with van der Waals surface area (Å²) in [6.45, 7) is -0.203. The fraction of sp³-hybridized carbons (Fsp3) is 0.333. The normalized spacial score (nSPS) is 13.5. The first kappa shape index (κ1) is 24.3. The van der Waals surface area contributed by atoms with Gasteiger partial charge in [0.1, 0.15) is 11.8 Å². The van der Waals surface area contributed by atoms with E-state index < -0.39 is 27.9 Å². The Morgan fingerprint density at radius 2 is 1.82 bits per heavy atom. The molecule has 0 aliphatic carbocycles. The number of sulfonamides is 1. The molecule has 0 radical (unpaired) electrons. The molecule has 2 N–H and O–H groups in total. The molecule has 0 bridgehead atoms. The Balaban J connectivity index is 2.02. The summed E-state index contributed by atoms with van der Waals surface area (Å²) in [5, 5.41) is 9.28. The minimum absolute atomic E-state index is 0.0430. The Morgan fingerprint density at radius 3 is 2.45 bits per heavy atom. The first-order valence-corrected chi connectivity index (χ1v) is 11.3. The van der Waals surface area contributed by atoms with Crippen LogP contribution in [0.4, 0.5) is 0 Å². The second kappa shape index (κ2) is 10.5. The van der Waals surface area contributed by atoms with Crippen molar-refractivity contribution in [2.75, 3.05) is 21.0 Å². The van der Waals surface area contributed by atoms with Gasteiger partial charge in [-0.3, -0.25) is 14.8 Å². The third kappa shape index (κ3) is 5.53. The van der Waals surface area contributed by atoms with Gasteiger partial charge in [0, 0.05) is 13.0 Å². The second-order valence-electron chi connectivity index (χ2n) is 7.02. The minimum Gasteiger partial charge on any atom is -0.497 e. The molecule has 1 atom stereocenters. The Hall–Kier alpha value is -3.35. The summed E-state index contributed by atoms with van der Waals surface area (Å²) < 4.78 is 48.4. The Labute approximate surface area is 190 Å². The summed E-state index contributed by atoms with van der Waals surface area (Å²) in [7, 11) is -1.63. The number of benzene rings is 2. The molecule has 2 aromatic rings. The van der Waals surface area contributed by atoms with Crippen LogP contribution in [0.1, 0.15) is 18.4 Å². The number of amides is 1. The molecule has 1 amide bonds. The van der Waals surface area contributed by atoms with E-state index in [1.165, 1.54) is 44.0 Å². The fourth-order valence-electron chi connectivity index (χ4n) is 3.30. The van der Waals surface area contributed by atoms with Gasteiger partial charge in [-0.15, -0.1) is 0 Å². The van der Waals surface area contributed by atoms with Crippen LogP contribution in [0.15, 0.2) is 47.4 Å². The standard InChI is InChI=1S/C21H24N2O9S/c1-29-15-4-6-16(7-5-15)33(27,28)23(17(21(25)22-26)8-10-20(24)30-2)12-14-3-9-18-19(11-14)32-13-31-18/h3-7,9,11,17,26H,8,10,12-13H2,1-2H3,(H,22,25)/t17-/m1/s1. The van der Waals surface area contributed by atoms with Crippen LogP contribution in [0.2, 0.25) is 0 Å². The van der Waals surface area contributed by atoms with Crippen molar-refractivity contribution >= 4 is 21.9 Å². The zero-order valence-electron chi connectivity index (χ0n) is 18.0. The van der Waals surface area contributed by atoms with Crippen LogP contribution < -0.4 is 19.7 Å². The maximum atomic E-state index is 13.6. The summed E-state index contributed by atoms with van der Waals surface area (Å²) in [6, 6.07) is 9.09. The quantitative estimate of drug-likeness (QED) is 0.294. The number of hydrogen-bond acceptors (Lipinski definition) is 9. The highest BCUT2D eigenvalue weighted by Crippen LogP contribution is 2.34. The maximum Gasteiger partial charge on any atom is 0.305 e. The molecule has 0 saturated carbocycles. The van der Waals surface area contributed by atoms with E-state index in [0.717, 1.165) is 4.31 Å². The predicted octanol–water partition coefficient (Wildman–Crippen LogP) is 1.44. The molecule has 11 nitrogen and oxygen atoms in total. The third-order valence-electron chi connectivity index (χ3n) is 5.05. The van der Waals surface area contributed by atoms with Crippen molar-refractivity contribution in [2.24, 2.45) is 0 Å². The highest BCUT2D eigenvalue weighted by atomic mass is 32.2. The summed E-state index contributed by atoms with van der Waals surface area (Å²) in [5.74, 6) is -0.218. The van der Waals surface area contributed by atoms with E-state index in [4.69, 9.17) is 14.2 Å². The van der Waals surface area contributed by atoms with Gasteiger partial charge in [0.25, 0.3) is 5.91 Å². The van der Waals surface area contributed by atoms with Crippen molar-refractivity contribution in [1.82, 2.24) is 9.79 Å². The van der Waals surface area contributed by atoms with Gasteiger partial charge in [0.05, 0.1) is 19.1 Å². The molecule has 178 valence electrons. The van der Waals surface area contributed by atoms with Crippen LogP contribution in [0, 0.1) is 0 Å². The largest absolute Gasteiger partial charge is 0.497 e. The van der Waals surface area contributed by atoms with Gasteiger partial charge in [-0.1, -0.05) is 6.07 Å². The van der Waals surface area contributed by atoms with E-state index in [2.05, 4.69) is 4.74 Å². The molecule has 1 aliphatic rings. The zero-order chi connectivity index (χ0) is 24.0. The van der Waals surface area contributed by atoms with Gasteiger partial charge >= 0.3 is 5.97 Å². The molecular weight excluding hydrogens is 456 g/mol. The van der Waals surface area contributed by atoms with Gasteiger partial charge in [-0.05, 0) is 48.4 Å². The maximum absolute atomic E-state index is 13.6. The average Bonchev–Trinajstić information content (AvgIpc) is 3.30. The van der Waals surface area contributed by atoms with Gasteiger partial charge < -0.3 is 18.9 Å². The summed E-state index contributed by atoms with van der Waals surface area (Å²) in [4.78, 5) is 24.1. The van der Waals surface area contributed by atoms with Gasteiger partial charge in [0.2, 0.25) is 16.8 Å². The van der Waals surface area contributed by atoms with E-state index in [0.29, 0.717) is 22.8 Å². The predicted molar refractivity (Wildman–Crippen MR) is 113 cm³/mol. The van der Waals surface area contributed by atoms with Crippen molar-refractivity contribution < 1.29 is 42.2 Å². The second-order valence-corrected chi connectivity index (χ2v) is 8.91. The Morgan fingerprint density at radius 1 is 1.12 bits per heavy atom. The number of carbonyl (C=O) groups is 2. The van der Waals surface area contributed by atoms with Crippen LogP contribution in [-0.2, 0) is 30.9 Å². The number of rotatable bonds is 10. The molecule has 0 aromatic heterocycles. The molecule has 33 heavy (non-hydrogen) atoms. The van der Waals surface area contributed by atoms with E-state index in [1.54, 1.807) is 18.2 Å². The lowest BCUT2D eigenvalue weighted by Crippen LogP contribution is -2.48. The molecule has 12 heteroatoms. The molecule has 1 aliphatic heterocycles. The molecule has 0 unspecified atom stereocenters. The minimum atomic E-state index is -4.27. The summed E-state index contributed by atoms with van der Waals surface area (Å²) in [6.07, 6.45) is -0.469. The van der Waals surface area contributed by atoms with E-state index in [-0.39, 0.29) is 31.1 Å². The van der Waals surface area contributed by atoms with Crippen molar-refractivity contribution in [3.05, 3.63) is 48.0 Å². The number of nitrogens with zero attached hydrogens (tertiary/aromatic N) is 1. The lowest BCUT2D eigenvalue weighted by Gasteiger charge is -2.29. The van der Waals surface area contributed by atoms with Crippen LogP contribution in [0.3, 0.4) is 0 Å². The number of esters is 1. The number of methoxy groups -OCH3 is 2. The Bertz CT molecular complexity index is 1100. The summed E-state index contributed by atoms with van der Waals surface area (Å²) in [5.41, 5.74) is 2.00. The third-order valence-corrected chi connectivity index (χ3v) is 6.92. The van der Waals surface area contributed by atoms with Gasteiger partial charge in [-0.2, -0.15) is 4.31 Å². The Kier molecular flexibility index (Phi) is 7.74. The monoisotopic (exact) mass is 480 g/mol. The van der Waals surface area contributed by atoms with Crippen LogP contribution in [-0.4, -0.2) is 56.9 Å². The molecule has 0 spiro atoms. The molecular formula is C21H24N2O9S. The number of ether oxygens (including phenoxy) is 4. The van der Waals surface area contributed by atoms with Crippen LogP contribution in [0.25, 0.3) is 0 Å². The van der Waals surface area contributed by atoms with Crippen molar-refractivity contribution in [3.63, 3.8) is 0 Å². The number of hydroxylamine groups is 1. The van der Waals surface area contributed by atoms with Crippen molar-refractivity contribution in [2.45, 2.75) is 30.3 Å². The zero-order valence-corrected chi connectivity index (χ0v) is 18.8. The lowest BCUT2D eigenvalue weighted by molar-refractivity contribution is -0.141. The average molecular weight is 480 g/mol. The fourth-order valence-corrected chi connectivity index (χ4v) is 4.91. The van der Waals surface area contributed by atoms with E-state index in [1.807, 2.05) is 0 Å². The van der Waals surface area contributed by atoms with Crippen LogP contribution in [0.5, 0.6) is 17.2 Å². The first-order chi connectivity index (χ1) is 15.8. The smallest absolute Gasteiger partial charge is 0.305 e. The topological polar surface area (TPSA) is 141 Å². The molecule has 2 aromatic carbocycles. The number of hydrogen-bond donors (Lipinski definition) is 2. The van der Waals surface area contributed by atoms with Crippen molar-refractivity contribution in [1.29, 1.82) is 0 Å². The number of nitrogens with one attached hydrogen (secondary N) is 1. The lowest BCUT2D eigenvalue weighted by atomic mass is 10.1. The SMILES string of the molecule is COC(=O)CC[C@H](C(=O)NO)N(Cc1ccc2c(c1)OCO2)S(=O)(=O)c1ccc(OC)cc1. The summed E-state index contributed by atoms with van der Waals surface area (Å²) >= 11 is 0. The number of carbonyl (C=O) groups excluding carboxylic acids is 2. The molecule has 0 saturated heterocycles. The number of fused-ring (bicyclic) bond motifs is 1. The molecule has 0 fully saturated rings. The van der Waals surface area contributed by atoms with Gasteiger partial charge in [0.15, 0.2) is 11.5 Å². The first-order valence-electron chi connectivity index (χ1n) is 9.85. The van der Waals surface area contributed by atoms with Crippen molar-refractivity contribution in [3.8, 4) is 17.2 Å². The van der Waals surface area contributed by atoms with E-state index >= 15 is 0 Å². The van der Waals surface area contributed by atoms with Crippen LogP contribution >= 0.6 is 0 Å². The molecule has 3 rings (SSSR count). The molecule has 1 heterocycles.